The SMILES string of the molecule is Cc1ccc2c(c1)C1(c3cc(C)ccc3O2)c2cccnc2-c2ncc(Br)cc21. The van der Waals surface area contributed by atoms with Gasteiger partial charge in [0.1, 0.15) is 11.5 Å². The molecule has 2 aromatic heterocycles. The maximum Gasteiger partial charge on any atom is 0.132 e. The summed E-state index contributed by atoms with van der Waals surface area (Å²) in [5.74, 6) is 1.77. The first-order valence-electron chi connectivity index (χ1n) is 9.61. The summed E-state index contributed by atoms with van der Waals surface area (Å²) in [6.07, 6.45) is 3.70. The van der Waals surface area contributed by atoms with Crippen LogP contribution in [0.4, 0.5) is 0 Å². The summed E-state index contributed by atoms with van der Waals surface area (Å²) in [5.41, 5.74) is 8.35. The second kappa shape index (κ2) is 5.77. The van der Waals surface area contributed by atoms with Crippen molar-refractivity contribution in [2.24, 2.45) is 0 Å². The van der Waals surface area contributed by atoms with Crippen molar-refractivity contribution in [2.75, 3.05) is 0 Å². The number of pyridine rings is 2. The second-order valence-corrected chi connectivity index (χ2v) is 8.72. The Morgan fingerprint density at radius 1 is 0.759 bits per heavy atom. The largest absolute Gasteiger partial charge is 0.457 e. The minimum absolute atomic E-state index is 0.503. The molecule has 0 radical (unpaired) electrons. The van der Waals surface area contributed by atoms with Crippen molar-refractivity contribution in [1.82, 2.24) is 9.97 Å². The molecule has 4 heteroatoms. The first kappa shape index (κ1) is 16.9. The standard InChI is InChI=1S/C25H17BrN2O/c1-14-5-7-21-18(10-14)25(19-11-15(2)6-8-22(19)29-21)17-4-3-9-27-23(17)24-20(25)12-16(26)13-28-24/h3-13H,1-2H3. The number of benzene rings is 2. The second-order valence-electron chi connectivity index (χ2n) is 7.80. The molecular weight excluding hydrogens is 424 g/mol. The summed E-state index contributed by atoms with van der Waals surface area (Å²) in [4.78, 5) is 9.54. The Hall–Kier alpha value is -2.98. The number of halogens is 1. The van der Waals surface area contributed by atoms with Crippen molar-refractivity contribution < 1.29 is 4.74 Å². The Morgan fingerprint density at radius 3 is 2.10 bits per heavy atom. The zero-order valence-corrected chi connectivity index (χ0v) is 17.6. The van der Waals surface area contributed by atoms with Gasteiger partial charge in [0.2, 0.25) is 0 Å². The van der Waals surface area contributed by atoms with Gasteiger partial charge in [-0.15, -0.1) is 0 Å². The van der Waals surface area contributed by atoms with E-state index < -0.39 is 5.41 Å². The summed E-state index contributed by atoms with van der Waals surface area (Å²) < 4.78 is 7.34. The lowest BCUT2D eigenvalue weighted by Gasteiger charge is -2.39. The van der Waals surface area contributed by atoms with Crippen LogP contribution in [0, 0.1) is 13.8 Å². The minimum Gasteiger partial charge on any atom is -0.457 e. The van der Waals surface area contributed by atoms with E-state index in [9.17, 15) is 0 Å². The van der Waals surface area contributed by atoms with Gasteiger partial charge in [-0.2, -0.15) is 0 Å². The molecule has 1 aliphatic carbocycles. The molecule has 2 aliphatic rings. The number of hydrogen-bond donors (Lipinski definition) is 0. The molecule has 6 rings (SSSR count). The molecule has 29 heavy (non-hydrogen) atoms. The highest BCUT2D eigenvalue weighted by molar-refractivity contribution is 9.10. The van der Waals surface area contributed by atoms with E-state index >= 15 is 0 Å². The third kappa shape index (κ3) is 2.12. The number of aromatic nitrogens is 2. The van der Waals surface area contributed by atoms with Crippen LogP contribution in [0.3, 0.4) is 0 Å². The maximum atomic E-state index is 6.38. The van der Waals surface area contributed by atoms with Crippen molar-refractivity contribution in [2.45, 2.75) is 19.3 Å². The summed E-state index contributed by atoms with van der Waals surface area (Å²) in [7, 11) is 0. The van der Waals surface area contributed by atoms with Gasteiger partial charge in [0, 0.05) is 33.6 Å². The van der Waals surface area contributed by atoms with Crippen LogP contribution in [0.1, 0.15) is 33.4 Å². The molecular formula is C25H17BrN2O. The molecule has 0 amide bonds. The molecule has 0 fully saturated rings. The van der Waals surface area contributed by atoms with Gasteiger partial charge in [0.05, 0.1) is 16.8 Å². The van der Waals surface area contributed by atoms with Gasteiger partial charge < -0.3 is 4.74 Å². The van der Waals surface area contributed by atoms with Crippen molar-refractivity contribution in [3.63, 3.8) is 0 Å². The molecule has 4 aromatic rings. The van der Waals surface area contributed by atoms with Crippen LogP contribution in [0.2, 0.25) is 0 Å². The van der Waals surface area contributed by atoms with Crippen LogP contribution < -0.4 is 4.74 Å². The molecule has 140 valence electrons. The fraction of sp³-hybridized carbons (Fsp3) is 0.120. The molecule has 1 spiro atoms. The predicted octanol–water partition coefficient (Wildman–Crippen LogP) is 6.32. The quantitative estimate of drug-likeness (QED) is 0.277. The van der Waals surface area contributed by atoms with E-state index in [2.05, 4.69) is 78.3 Å². The number of ether oxygens (including phenoxy) is 1. The van der Waals surface area contributed by atoms with Gasteiger partial charge in [-0.3, -0.25) is 9.97 Å². The summed E-state index contributed by atoms with van der Waals surface area (Å²) in [5, 5.41) is 0. The van der Waals surface area contributed by atoms with Crippen LogP contribution in [-0.2, 0) is 5.41 Å². The Balaban J connectivity index is 1.87. The number of rotatable bonds is 0. The van der Waals surface area contributed by atoms with Crippen molar-refractivity contribution in [1.29, 1.82) is 0 Å². The smallest absolute Gasteiger partial charge is 0.132 e. The fourth-order valence-electron chi connectivity index (χ4n) is 4.85. The highest BCUT2D eigenvalue weighted by Gasteiger charge is 2.52. The highest BCUT2D eigenvalue weighted by atomic mass is 79.9. The molecule has 0 saturated carbocycles. The van der Waals surface area contributed by atoms with E-state index in [1.54, 1.807) is 0 Å². The van der Waals surface area contributed by atoms with Gasteiger partial charge in [-0.1, -0.05) is 41.5 Å². The van der Waals surface area contributed by atoms with Crippen LogP contribution in [0.15, 0.2) is 71.5 Å². The van der Waals surface area contributed by atoms with Crippen LogP contribution in [-0.4, -0.2) is 9.97 Å². The summed E-state index contributed by atoms with van der Waals surface area (Å²) in [6, 6.07) is 19.2. The zero-order valence-electron chi connectivity index (χ0n) is 16.0. The molecule has 1 aliphatic heterocycles. The van der Waals surface area contributed by atoms with Crippen molar-refractivity contribution >= 4 is 15.9 Å². The normalized spacial score (nSPS) is 14.6. The van der Waals surface area contributed by atoms with Gasteiger partial charge in [0.25, 0.3) is 0 Å². The van der Waals surface area contributed by atoms with Gasteiger partial charge in [-0.05, 0) is 59.6 Å². The van der Waals surface area contributed by atoms with Crippen molar-refractivity contribution in [3.05, 3.63) is 105 Å². The lowest BCUT2D eigenvalue weighted by molar-refractivity contribution is 0.435. The van der Waals surface area contributed by atoms with Gasteiger partial charge >= 0.3 is 0 Å². The number of nitrogens with zero attached hydrogens (tertiary/aromatic N) is 2. The van der Waals surface area contributed by atoms with E-state index in [-0.39, 0.29) is 0 Å². The number of fused-ring (bicyclic) bond motifs is 9. The lowest BCUT2D eigenvalue weighted by Crippen LogP contribution is -2.32. The lowest BCUT2D eigenvalue weighted by atomic mass is 9.66. The predicted molar refractivity (Wildman–Crippen MR) is 117 cm³/mol. The van der Waals surface area contributed by atoms with E-state index in [4.69, 9.17) is 14.7 Å². The first-order valence-corrected chi connectivity index (χ1v) is 10.4. The average Bonchev–Trinajstić information content (AvgIpc) is 3.00. The Bertz CT molecular complexity index is 1280. The molecule has 0 atom stereocenters. The van der Waals surface area contributed by atoms with E-state index in [0.717, 1.165) is 49.6 Å². The average molecular weight is 441 g/mol. The minimum atomic E-state index is -0.503. The van der Waals surface area contributed by atoms with E-state index in [1.165, 1.54) is 11.1 Å². The van der Waals surface area contributed by atoms with Gasteiger partial charge in [0.15, 0.2) is 0 Å². The molecule has 0 unspecified atom stereocenters. The Morgan fingerprint density at radius 2 is 1.41 bits per heavy atom. The topological polar surface area (TPSA) is 35.0 Å². The Labute approximate surface area is 177 Å². The van der Waals surface area contributed by atoms with Crippen LogP contribution in [0.25, 0.3) is 11.4 Å². The first-order chi connectivity index (χ1) is 14.1. The zero-order chi connectivity index (χ0) is 19.8. The van der Waals surface area contributed by atoms with Gasteiger partial charge in [-0.25, -0.2) is 0 Å². The van der Waals surface area contributed by atoms with E-state index in [0.29, 0.717) is 0 Å². The summed E-state index contributed by atoms with van der Waals surface area (Å²) >= 11 is 3.65. The third-order valence-electron chi connectivity index (χ3n) is 5.99. The molecule has 0 bridgehead atoms. The Kier molecular flexibility index (Phi) is 3.37. The monoisotopic (exact) mass is 440 g/mol. The van der Waals surface area contributed by atoms with Crippen LogP contribution in [0.5, 0.6) is 11.5 Å². The molecule has 3 heterocycles. The number of aryl methyl sites for hydroxylation is 2. The molecule has 3 nitrogen and oxygen atoms in total. The van der Waals surface area contributed by atoms with Crippen molar-refractivity contribution in [3.8, 4) is 22.9 Å². The fourth-order valence-corrected chi connectivity index (χ4v) is 5.18. The highest BCUT2D eigenvalue weighted by Crippen LogP contribution is 2.61. The van der Waals surface area contributed by atoms with E-state index in [1.807, 2.05) is 18.5 Å². The summed E-state index contributed by atoms with van der Waals surface area (Å²) in [6.45, 7) is 4.25. The molecule has 0 saturated heterocycles. The third-order valence-corrected chi connectivity index (χ3v) is 6.43. The molecule has 0 N–H and O–H groups in total. The van der Waals surface area contributed by atoms with Crippen LogP contribution >= 0.6 is 15.9 Å². The molecule has 2 aromatic carbocycles. The maximum absolute atomic E-state index is 6.38. The number of hydrogen-bond acceptors (Lipinski definition) is 3.